The Kier molecular flexibility index (Phi) is 6.58. The number of rotatable bonds is 2. The fourth-order valence-corrected chi connectivity index (χ4v) is 17.8. The van der Waals surface area contributed by atoms with E-state index in [-0.39, 0.29) is 27.9 Å². The molecule has 0 saturated carbocycles. The Morgan fingerprint density at radius 2 is 0.589 bits per heavy atom. The van der Waals surface area contributed by atoms with Gasteiger partial charge in [-0.3, -0.25) is 0 Å². The van der Waals surface area contributed by atoms with Gasteiger partial charge >= 0.3 is 432 Å². The molecule has 0 spiro atoms. The molecule has 19 rings (SSSR count). The molecular weight excluding hydrogens is 957 g/mol. The summed E-state index contributed by atoms with van der Waals surface area (Å²) >= 11 is -0.0552. The molecule has 73 heavy (non-hydrogen) atoms. The summed E-state index contributed by atoms with van der Waals surface area (Å²) < 4.78 is 2.83. The summed E-state index contributed by atoms with van der Waals surface area (Å²) in [5, 5.41) is 0. The van der Waals surface area contributed by atoms with Crippen molar-refractivity contribution in [3.8, 4) is 20.0 Å². The third-order valence-electron chi connectivity index (χ3n) is 18.0. The summed E-state index contributed by atoms with van der Waals surface area (Å²) in [5.74, 6) is 0. The molecule has 340 valence electrons. The molecule has 11 heteroatoms. The van der Waals surface area contributed by atoms with Crippen LogP contribution in [0.15, 0.2) is 170 Å². The van der Waals surface area contributed by atoms with Crippen LogP contribution in [0.3, 0.4) is 0 Å². The topological polar surface area (TPSA) is 25.9 Å². The normalized spacial score (nSPS) is 15.7. The molecule has 0 fully saturated rings. The van der Waals surface area contributed by atoms with Crippen LogP contribution in [0.4, 0.5) is 114 Å². The molecule has 8 nitrogen and oxygen atoms in total. The summed E-state index contributed by atoms with van der Waals surface area (Å²) in [5.41, 5.74) is 36.2. The average molecular weight is 998 g/mol. The van der Waals surface area contributed by atoms with Gasteiger partial charge in [0.2, 0.25) is 0 Å². The Balaban J connectivity index is 0.987. The summed E-state index contributed by atoms with van der Waals surface area (Å²) in [6.45, 7) is -0.0214. The Labute approximate surface area is 429 Å². The van der Waals surface area contributed by atoms with Gasteiger partial charge in [0.25, 0.3) is 0 Å². The van der Waals surface area contributed by atoms with Crippen LogP contribution in [-0.2, 0) is 0 Å². The summed E-state index contributed by atoms with van der Waals surface area (Å²) in [6, 6.07) is 65.3. The zero-order valence-corrected chi connectivity index (χ0v) is 42.0. The van der Waals surface area contributed by atoms with E-state index in [9.17, 15) is 0 Å². The predicted octanol–water partition coefficient (Wildman–Crippen LogP) is 10.9. The van der Waals surface area contributed by atoms with Crippen molar-refractivity contribution in [3.05, 3.63) is 170 Å². The predicted molar refractivity (Wildman–Crippen MR) is 308 cm³/mol. The second kappa shape index (κ2) is 12.6. The van der Waals surface area contributed by atoms with Crippen molar-refractivity contribution in [1.82, 2.24) is 0 Å². The van der Waals surface area contributed by atoms with Crippen LogP contribution >= 0.6 is 0 Å². The first-order chi connectivity index (χ1) is 36.0. The van der Waals surface area contributed by atoms with Gasteiger partial charge in [0.15, 0.2) is 0 Å². The monoisotopic (exact) mass is 998 g/mol. The van der Waals surface area contributed by atoms with Gasteiger partial charge in [-0.15, -0.1) is 0 Å². The molecule has 10 heterocycles. The van der Waals surface area contributed by atoms with Crippen molar-refractivity contribution in [2.75, 3.05) is 67.4 Å². The maximum absolute atomic E-state index is 2.78. The second-order valence-corrected chi connectivity index (χ2v) is 23.2. The van der Waals surface area contributed by atoms with E-state index < -0.39 is 0 Å². The quantitative estimate of drug-likeness (QED) is 0.158. The van der Waals surface area contributed by atoms with Gasteiger partial charge in [0.05, 0.1) is 0 Å². The third-order valence-corrected chi connectivity index (χ3v) is 20.7. The Hall–Kier alpha value is -8.49. The maximum atomic E-state index is 2.78. The van der Waals surface area contributed by atoms with Crippen molar-refractivity contribution in [1.29, 1.82) is 0 Å². The van der Waals surface area contributed by atoms with E-state index in [1.54, 1.807) is 0 Å². The molecule has 9 aliphatic rings. The van der Waals surface area contributed by atoms with E-state index in [1.807, 2.05) is 0 Å². The van der Waals surface area contributed by atoms with Gasteiger partial charge in [0.1, 0.15) is 0 Å². The Morgan fingerprint density at radius 3 is 0.986 bits per heavy atom. The molecule has 0 bridgehead atoms. The van der Waals surface area contributed by atoms with Crippen molar-refractivity contribution in [3.63, 3.8) is 0 Å². The van der Waals surface area contributed by atoms with Crippen molar-refractivity contribution in [2.45, 2.75) is 0 Å². The number of para-hydroxylation sites is 4. The zero-order chi connectivity index (χ0) is 47.6. The van der Waals surface area contributed by atoms with E-state index in [1.165, 1.54) is 167 Å². The first kappa shape index (κ1) is 38.2. The number of fused-ring (bicyclic) bond motifs is 9. The SMILES string of the molecule is CN1c2cccc3c2N2c4c1cccc4N(C)c1ccc4c(c12)B3c1ccc2c3c1N4c1c(-c4ccccc4)[se]c(-c4ccccc4)c1N3c1ccc3c4c1B2c1cccc2c1N4c1c(cccc1N3C)N2C. The van der Waals surface area contributed by atoms with Gasteiger partial charge in [-0.25, -0.2) is 0 Å². The summed E-state index contributed by atoms with van der Waals surface area (Å²) in [7, 11) is 9.04. The molecule has 0 atom stereocenters. The molecule has 0 amide bonds. The van der Waals surface area contributed by atoms with Crippen LogP contribution in [0.2, 0.25) is 0 Å². The molecular formula is C62H40B2N8Se. The van der Waals surface area contributed by atoms with Crippen molar-refractivity contribution in [2.24, 2.45) is 0 Å². The van der Waals surface area contributed by atoms with Crippen molar-refractivity contribution < 1.29 is 0 Å². The molecule has 9 aromatic carbocycles. The Morgan fingerprint density at radius 1 is 0.260 bits per heavy atom. The van der Waals surface area contributed by atoms with Gasteiger partial charge in [0, 0.05) is 0 Å². The number of hydrogen-bond donors (Lipinski definition) is 0. The first-order valence-electron chi connectivity index (χ1n) is 25.4. The fraction of sp³-hybridized carbons (Fsp3) is 0.0645. The van der Waals surface area contributed by atoms with Crippen LogP contribution in [0.5, 0.6) is 0 Å². The van der Waals surface area contributed by atoms with Crippen LogP contribution in [0.1, 0.15) is 0 Å². The first-order valence-corrected chi connectivity index (χ1v) is 27.1. The number of benzene rings is 9. The molecule has 0 saturated heterocycles. The molecule has 10 aromatic rings. The minimum absolute atomic E-state index is 0.0107. The van der Waals surface area contributed by atoms with E-state index in [2.05, 4.69) is 237 Å². The molecule has 0 radical (unpaired) electrons. The number of hydrogen-bond acceptors (Lipinski definition) is 8. The van der Waals surface area contributed by atoms with Crippen LogP contribution in [0.25, 0.3) is 20.0 Å². The number of anilines is 20. The summed E-state index contributed by atoms with van der Waals surface area (Å²) in [4.78, 5) is 20.6. The van der Waals surface area contributed by atoms with E-state index in [0.717, 1.165) is 0 Å². The minimum atomic E-state index is -0.0552. The van der Waals surface area contributed by atoms with Crippen LogP contribution in [0, 0.1) is 0 Å². The van der Waals surface area contributed by atoms with Gasteiger partial charge < -0.3 is 0 Å². The molecule has 9 aliphatic heterocycles. The van der Waals surface area contributed by atoms with Gasteiger partial charge in [-0.1, -0.05) is 0 Å². The Bertz CT molecular complexity index is 4010. The second-order valence-electron chi connectivity index (χ2n) is 21.0. The average Bonchev–Trinajstić information content (AvgIpc) is 3.96. The standard InChI is InChI=1S/C62H40B2N8Se/c1-65-41-21-11-19-35-51(41)71-55-43(65)23-13-25-45(55)67(3)47-31-29-39-49(57(47)71)63(35)37-27-28-38-54-53(37)69(39)59-60(62(34-17-9-6-10-18-34)73-61(59)33-15-7-5-8-16-33)70(54)40-30-32-48-58-50(40)64(38)36-20-12-22-42-52(36)72(58)56-44(66(42)2)24-14-26-46(56)68(48)4/h5-32H,1-4H3. The van der Waals surface area contributed by atoms with Gasteiger partial charge in [-0.2, -0.15) is 0 Å². The van der Waals surface area contributed by atoms with Gasteiger partial charge in [-0.05, 0) is 0 Å². The molecule has 0 unspecified atom stereocenters. The van der Waals surface area contributed by atoms with Crippen molar-refractivity contribution >= 4 is 174 Å². The van der Waals surface area contributed by atoms with E-state index >= 15 is 0 Å². The molecule has 1 aromatic heterocycles. The fourth-order valence-electron chi connectivity index (χ4n) is 15.1. The number of nitrogens with zero attached hydrogens (tertiary/aromatic N) is 8. The van der Waals surface area contributed by atoms with Crippen LogP contribution < -0.4 is 72.0 Å². The molecule has 0 N–H and O–H groups in total. The summed E-state index contributed by atoms with van der Waals surface area (Å²) in [6.07, 6.45) is 0. The van der Waals surface area contributed by atoms with E-state index in [0.29, 0.717) is 0 Å². The van der Waals surface area contributed by atoms with E-state index in [4.69, 9.17) is 0 Å². The molecule has 0 aliphatic carbocycles. The zero-order valence-electron chi connectivity index (χ0n) is 40.3. The van der Waals surface area contributed by atoms with Crippen LogP contribution in [-0.4, -0.2) is 56.1 Å². The third kappa shape index (κ3) is 4.09.